The summed E-state index contributed by atoms with van der Waals surface area (Å²) in [5, 5.41) is 5.46. The molecule has 0 aliphatic carbocycles. The van der Waals surface area contributed by atoms with Gasteiger partial charge in [-0.1, -0.05) is 15.9 Å². The van der Waals surface area contributed by atoms with Gasteiger partial charge in [-0.05, 0) is 70.6 Å². The monoisotopic (exact) mass is 485 g/mol. The Labute approximate surface area is 166 Å². The van der Waals surface area contributed by atoms with Crippen molar-refractivity contribution in [1.82, 2.24) is 5.32 Å². The maximum Gasteiger partial charge on any atom is 0.264 e. The molecule has 0 spiro atoms. The van der Waals surface area contributed by atoms with Gasteiger partial charge in [0.15, 0.2) is 11.7 Å². The number of halogens is 2. The van der Waals surface area contributed by atoms with Crippen LogP contribution in [-0.4, -0.2) is 23.5 Å². The van der Waals surface area contributed by atoms with Crippen molar-refractivity contribution in [1.29, 1.82) is 0 Å². The summed E-state index contributed by atoms with van der Waals surface area (Å²) in [5.74, 6) is -0.376. The molecule has 2 amide bonds. The molecule has 0 fully saturated rings. The van der Waals surface area contributed by atoms with Crippen molar-refractivity contribution in [2.45, 2.75) is 0 Å². The minimum absolute atomic E-state index is 0.121. The Hall–Kier alpha value is -1.97. The maximum absolute atomic E-state index is 11.9. The molecule has 0 bridgehead atoms. The van der Waals surface area contributed by atoms with E-state index in [0.717, 1.165) is 8.95 Å². The minimum atomic E-state index is -0.515. The molecule has 0 heterocycles. The molecule has 130 valence electrons. The largest absolute Gasteiger partial charge is 0.483 e. The van der Waals surface area contributed by atoms with Crippen LogP contribution in [0.2, 0.25) is 0 Å². The number of nitrogens with two attached hydrogens (primary N) is 1. The van der Waals surface area contributed by atoms with Gasteiger partial charge >= 0.3 is 0 Å². The molecule has 0 atom stereocenters. The highest BCUT2D eigenvalue weighted by molar-refractivity contribution is 9.11. The number of primary amides is 1. The Balaban J connectivity index is 1.83. The van der Waals surface area contributed by atoms with E-state index in [9.17, 15) is 9.59 Å². The minimum Gasteiger partial charge on any atom is -0.483 e. The molecule has 25 heavy (non-hydrogen) atoms. The summed E-state index contributed by atoms with van der Waals surface area (Å²) >= 11 is 11.8. The predicted molar refractivity (Wildman–Crippen MR) is 107 cm³/mol. The lowest BCUT2D eigenvalue weighted by Gasteiger charge is -2.11. The fraction of sp³-hybridized carbons (Fsp3) is 0.0625. The molecular formula is C16H13Br2N3O3S. The second-order valence-electron chi connectivity index (χ2n) is 4.81. The topological polar surface area (TPSA) is 93.5 Å². The van der Waals surface area contributed by atoms with E-state index in [1.807, 2.05) is 6.07 Å². The summed E-state index contributed by atoms with van der Waals surface area (Å²) in [5.41, 5.74) is 6.17. The van der Waals surface area contributed by atoms with E-state index in [-0.39, 0.29) is 11.7 Å². The van der Waals surface area contributed by atoms with Crippen molar-refractivity contribution < 1.29 is 14.3 Å². The van der Waals surface area contributed by atoms with Gasteiger partial charge in [-0.15, -0.1) is 0 Å². The molecule has 6 nitrogen and oxygen atoms in total. The average molecular weight is 487 g/mol. The Bertz CT molecular complexity index is 813. The van der Waals surface area contributed by atoms with Crippen LogP contribution in [0.1, 0.15) is 10.4 Å². The summed E-state index contributed by atoms with van der Waals surface area (Å²) in [6, 6.07) is 11.7. The maximum atomic E-state index is 11.9. The molecule has 0 radical (unpaired) electrons. The number of hydrogen-bond acceptors (Lipinski definition) is 4. The number of anilines is 1. The van der Waals surface area contributed by atoms with Crippen LogP contribution in [0.15, 0.2) is 51.4 Å². The summed E-state index contributed by atoms with van der Waals surface area (Å²) in [7, 11) is 0. The highest BCUT2D eigenvalue weighted by Crippen LogP contribution is 2.28. The zero-order valence-corrected chi connectivity index (χ0v) is 16.7. The molecule has 4 N–H and O–H groups in total. The van der Waals surface area contributed by atoms with Crippen molar-refractivity contribution in [3.05, 3.63) is 57.0 Å². The van der Waals surface area contributed by atoms with E-state index in [2.05, 4.69) is 42.5 Å². The zero-order chi connectivity index (χ0) is 18.4. The first-order valence-electron chi connectivity index (χ1n) is 6.93. The number of ether oxygens (including phenoxy) is 1. The highest BCUT2D eigenvalue weighted by Gasteiger charge is 2.08. The van der Waals surface area contributed by atoms with E-state index < -0.39 is 11.8 Å². The van der Waals surface area contributed by atoms with Crippen LogP contribution in [0, 0.1) is 0 Å². The third-order valence-electron chi connectivity index (χ3n) is 2.93. The van der Waals surface area contributed by atoms with E-state index in [1.165, 1.54) is 0 Å². The van der Waals surface area contributed by atoms with E-state index in [4.69, 9.17) is 22.7 Å². The number of carbonyl (C=O) groups is 2. The first-order chi connectivity index (χ1) is 11.8. The average Bonchev–Trinajstić information content (AvgIpc) is 2.54. The number of amides is 2. The van der Waals surface area contributed by atoms with Gasteiger partial charge < -0.3 is 15.8 Å². The number of hydrogen-bond donors (Lipinski definition) is 3. The van der Waals surface area contributed by atoms with Crippen LogP contribution in [0.4, 0.5) is 5.69 Å². The molecule has 2 rings (SSSR count). The third-order valence-corrected chi connectivity index (χ3v) is 4.25. The lowest BCUT2D eigenvalue weighted by molar-refractivity contribution is -0.121. The molecule has 2 aromatic carbocycles. The Morgan fingerprint density at radius 1 is 1.12 bits per heavy atom. The first kappa shape index (κ1) is 19.4. The second kappa shape index (κ2) is 8.93. The second-order valence-corrected chi connectivity index (χ2v) is 6.99. The quantitative estimate of drug-likeness (QED) is 0.564. The summed E-state index contributed by atoms with van der Waals surface area (Å²) in [6.07, 6.45) is 0. The predicted octanol–water partition coefficient (Wildman–Crippen LogP) is 3.20. The SMILES string of the molecule is NC(=O)c1ccc(NC(=S)NC(=O)COc2ccc(Br)cc2Br)cc1. The molecule has 0 saturated carbocycles. The summed E-state index contributed by atoms with van der Waals surface area (Å²) < 4.78 is 7.05. The van der Waals surface area contributed by atoms with Crippen LogP contribution in [0.25, 0.3) is 0 Å². The van der Waals surface area contributed by atoms with Gasteiger partial charge in [0.05, 0.1) is 4.47 Å². The van der Waals surface area contributed by atoms with Gasteiger partial charge in [0.2, 0.25) is 5.91 Å². The van der Waals surface area contributed by atoms with Crippen molar-refractivity contribution in [3.63, 3.8) is 0 Å². The van der Waals surface area contributed by atoms with E-state index in [1.54, 1.807) is 36.4 Å². The van der Waals surface area contributed by atoms with Crippen LogP contribution >= 0.6 is 44.1 Å². The number of nitrogens with one attached hydrogen (secondary N) is 2. The van der Waals surface area contributed by atoms with Gasteiger partial charge in [0, 0.05) is 15.7 Å². The van der Waals surface area contributed by atoms with E-state index in [0.29, 0.717) is 17.0 Å². The van der Waals surface area contributed by atoms with Crippen molar-refractivity contribution in [2.24, 2.45) is 5.73 Å². The smallest absolute Gasteiger partial charge is 0.264 e. The standard InChI is InChI=1S/C16H13Br2N3O3S/c17-10-3-6-13(12(18)7-10)24-8-14(22)21-16(25)20-11-4-1-9(2-5-11)15(19)23/h1-7H,8H2,(H2,19,23)(H2,20,21,22,25). The van der Waals surface area contributed by atoms with E-state index >= 15 is 0 Å². The normalized spacial score (nSPS) is 10.0. The highest BCUT2D eigenvalue weighted by atomic mass is 79.9. The number of rotatable bonds is 5. The Morgan fingerprint density at radius 2 is 1.80 bits per heavy atom. The van der Waals surface area contributed by atoms with Gasteiger partial charge in [-0.3, -0.25) is 14.9 Å². The molecule has 0 aromatic heterocycles. The lowest BCUT2D eigenvalue weighted by atomic mass is 10.2. The van der Waals surface area contributed by atoms with Gasteiger partial charge in [-0.2, -0.15) is 0 Å². The third kappa shape index (κ3) is 6.11. The summed E-state index contributed by atoms with van der Waals surface area (Å²) in [4.78, 5) is 22.9. The molecule has 0 aliphatic rings. The fourth-order valence-corrected chi connectivity index (χ4v) is 3.17. The lowest BCUT2D eigenvalue weighted by Crippen LogP contribution is -2.37. The first-order valence-corrected chi connectivity index (χ1v) is 8.93. The van der Waals surface area contributed by atoms with Crippen molar-refractivity contribution in [3.8, 4) is 5.75 Å². The number of carbonyl (C=O) groups excluding carboxylic acids is 2. The van der Waals surface area contributed by atoms with Gasteiger partial charge in [0.1, 0.15) is 5.75 Å². The summed E-state index contributed by atoms with van der Waals surface area (Å²) in [6.45, 7) is -0.192. The fourth-order valence-electron chi connectivity index (χ4n) is 1.78. The molecule has 9 heteroatoms. The number of thiocarbonyl (C=S) groups is 1. The molecule has 0 saturated heterocycles. The molecule has 0 aliphatic heterocycles. The Kier molecular flexibility index (Phi) is 6.91. The Morgan fingerprint density at radius 3 is 2.40 bits per heavy atom. The van der Waals surface area contributed by atoms with Gasteiger partial charge in [-0.25, -0.2) is 0 Å². The molecular weight excluding hydrogens is 474 g/mol. The van der Waals surface area contributed by atoms with Crippen molar-refractivity contribution in [2.75, 3.05) is 11.9 Å². The molecule has 2 aromatic rings. The van der Waals surface area contributed by atoms with Crippen molar-refractivity contribution >= 4 is 66.7 Å². The van der Waals surface area contributed by atoms with Crippen LogP contribution in [0.5, 0.6) is 5.75 Å². The van der Waals surface area contributed by atoms with Crippen LogP contribution in [0.3, 0.4) is 0 Å². The zero-order valence-electron chi connectivity index (χ0n) is 12.7. The molecule has 0 unspecified atom stereocenters. The number of benzene rings is 2. The van der Waals surface area contributed by atoms with Crippen LogP contribution < -0.4 is 21.1 Å². The van der Waals surface area contributed by atoms with Crippen LogP contribution in [-0.2, 0) is 4.79 Å². The van der Waals surface area contributed by atoms with Gasteiger partial charge in [0.25, 0.3) is 5.91 Å².